The number of anilines is 2. The number of aromatic nitrogens is 3. The Morgan fingerprint density at radius 2 is 1.67 bits per heavy atom. The summed E-state index contributed by atoms with van der Waals surface area (Å²) >= 11 is 6.17. The van der Waals surface area contributed by atoms with Crippen molar-refractivity contribution in [2.75, 3.05) is 11.1 Å². The molecule has 0 saturated heterocycles. The molecule has 2 heterocycles. The molecule has 0 bridgehead atoms. The van der Waals surface area contributed by atoms with Crippen LogP contribution in [0.25, 0.3) is 11.0 Å². The van der Waals surface area contributed by atoms with Gasteiger partial charge in [0.1, 0.15) is 17.8 Å². The lowest BCUT2D eigenvalue weighted by Crippen LogP contribution is -2.15. The van der Waals surface area contributed by atoms with E-state index in [0.29, 0.717) is 38.4 Å². The molecule has 7 nitrogen and oxygen atoms in total. The van der Waals surface area contributed by atoms with E-state index in [4.69, 9.17) is 17.3 Å². The maximum atomic E-state index is 13.7. The van der Waals surface area contributed by atoms with Gasteiger partial charge in [-0.05, 0) is 37.1 Å². The predicted molar refractivity (Wildman–Crippen MR) is 129 cm³/mol. The topological polar surface area (TPSA) is 103 Å². The molecule has 0 spiro atoms. The highest BCUT2D eigenvalue weighted by Crippen LogP contribution is 2.36. The van der Waals surface area contributed by atoms with Gasteiger partial charge in [-0.3, -0.25) is 9.59 Å². The van der Waals surface area contributed by atoms with E-state index in [-0.39, 0.29) is 17.6 Å². The van der Waals surface area contributed by atoms with E-state index in [0.717, 1.165) is 25.7 Å². The molecule has 1 amide bonds. The number of carbonyl (C=O) groups excluding carboxylic acids is 2. The second kappa shape index (κ2) is 8.67. The van der Waals surface area contributed by atoms with Crippen LogP contribution in [0.4, 0.5) is 11.5 Å². The van der Waals surface area contributed by atoms with Crippen LogP contribution in [-0.2, 0) is 0 Å². The van der Waals surface area contributed by atoms with E-state index >= 15 is 0 Å². The van der Waals surface area contributed by atoms with E-state index < -0.39 is 5.91 Å². The fraction of sp³-hybridized carbons (Fsp3) is 0.200. The lowest BCUT2D eigenvalue weighted by atomic mass is 10.0. The fourth-order valence-corrected chi connectivity index (χ4v) is 4.73. The number of amides is 1. The molecule has 0 radical (unpaired) electrons. The molecule has 4 aromatic rings. The lowest BCUT2D eigenvalue weighted by Gasteiger charge is -2.12. The number of nitrogens with zero attached hydrogens (tertiary/aromatic N) is 3. The van der Waals surface area contributed by atoms with Crippen LogP contribution in [0.15, 0.2) is 61.1 Å². The number of hydrogen-bond acceptors (Lipinski definition) is 5. The van der Waals surface area contributed by atoms with E-state index in [1.807, 2.05) is 6.20 Å². The van der Waals surface area contributed by atoms with Crippen molar-refractivity contribution in [1.82, 2.24) is 14.5 Å². The van der Waals surface area contributed by atoms with Gasteiger partial charge in [0.05, 0.1) is 27.2 Å². The standard InChI is InChI=1S/C25H22ClN5O2/c26-19-11-5-3-9-16(19)25(33)30-20-12-6-4-10-17(20)22(32)18-13-31(15-7-1-2-8-15)24-21(18)23(27)28-14-29-24/h3-6,9-15H,1-2,7-8H2,(H,30,33)(H2,27,28,29). The minimum Gasteiger partial charge on any atom is -0.383 e. The van der Waals surface area contributed by atoms with Crippen LogP contribution in [0, 0.1) is 0 Å². The average Bonchev–Trinajstić information content (AvgIpc) is 3.48. The first-order valence-electron chi connectivity index (χ1n) is 10.8. The highest BCUT2D eigenvalue weighted by Gasteiger charge is 2.26. The Morgan fingerprint density at radius 3 is 2.42 bits per heavy atom. The zero-order chi connectivity index (χ0) is 22.9. The molecular weight excluding hydrogens is 438 g/mol. The monoisotopic (exact) mass is 459 g/mol. The van der Waals surface area contributed by atoms with Crippen molar-refractivity contribution >= 4 is 45.8 Å². The average molecular weight is 460 g/mol. The van der Waals surface area contributed by atoms with Gasteiger partial charge in [0.15, 0.2) is 5.78 Å². The van der Waals surface area contributed by atoms with Crippen LogP contribution < -0.4 is 11.1 Å². The van der Waals surface area contributed by atoms with Crippen LogP contribution >= 0.6 is 11.6 Å². The van der Waals surface area contributed by atoms with Crippen LogP contribution in [0.1, 0.15) is 58.0 Å². The molecule has 1 saturated carbocycles. The summed E-state index contributed by atoms with van der Waals surface area (Å²) in [4.78, 5) is 35.1. The summed E-state index contributed by atoms with van der Waals surface area (Å²) < 4.78 is 2.05. The van der Waals surface area contributed by atoms with E-state index in [1.165, 1.54) is 6.33 Å². The van der Waals surface area contributed by atoms with Crippen molar-refractivity contribution in [3.8, 4) is 0 Å². The third kappa shape index (κ3) is 3.85. The van der Waals surface area contributed by atoms with Crippen LogP contribution in [-0.4, -0.2) is 26.2 Å². The van der Waals surface area contributed by atoms with Gasteiger partial charge in [-0.15, -0.1) is 0 Å². The van der Waals surface area contributed by atoms with Crippen LogP contribution in [0.5, 0.6) is 0 Å². The molecule has 0 atom stereocenters. The molecule has 8 heteroatoms. The van der Waals surface area contributed by atoms with Gasteiger partial charge in [0, 0.05) is 17.8 Å². The number of para-hydroxylation sites is 1. The first-order chi connectivity index (χ1) is 16.0. The Bertz CT molecular complexity index is 1370. The number of fused-ring (bicyclic) bond motifs is 1. The minimum absolute atomic E-state index is 0.256. The Morgan fingerprint density at radius 1 is 0.970 bits per heavy atom. The first-order valence-corrected chi connectivity index (χ1v) is 11.2. The molecule has 33 heavy (non-hydrogen) atoms. The highest BCUT2D eigenvalue weighted by atomic mass is 35.5. The third-order valence-electron chi connectivity index (χ3n) is 6.14. The second-order valence-corrected chi connectivity index (χ2v) is 8.56. The van der Waals surface area contributed by atoms with Crippen LogP contribution in [0.3, 0.4) is 0 Å². The quantitative estimate of drug-likeness (QED) is 0.396. The highest BCUT2D eigenvalue weighted by molar-refractivity contribution is 6.34. The van der Waals surface area contributed by atoms with Crippen molar-refractivity contribution in [3.63, 3.8) is 0 Å². The van der Waals surface area contributed by atoms with E-state index in [9.17, 15) is 9.59 Å². The number of rotatable bonds is 5. The SMILES string of the molecule is Nc1ncnc2c1c(C(=O)c1ccccc1NC(=O)c1ccccc1Cl)cn2C1CCCC1. The minimum atomic E-state index is -0.392. The predicted octanol–water partition coefficient (Wildman–Crippen LogP) is 5.27. The first kappa shape index (κ1) is 21.2. The third-order valence-corrected chi connectivity index (χ3v) is 6.47. The van der Waals surface area contributed by atoms with E-state index in [2.05, 4.69) is 19.9 Å². The number of hydrogen-bond donors (Lipinski definition) is 2. The zero-order valence-electron chi connectivity index (χ0n) is 17.8. The molecule has 166 valence electrons. The van der Waals surface area contributed by atoms with Gasteiger partial charge < -0.3 is 15.6 Å². The van der Waals surface area contributed by atoms with Gasteiger partial charge in [-0.25, -0.2) is 9.97 Å². The number of carbonyl (C=O) groups is 2. The summed E-state index contributed by atoms with van der Waals surface area (Å²) in [5.41, 5.74) is 8.36. The van der Waals surface area contributed by atoms with Gasteiger partial charge in [0.25, 0.3) is 5.91 Å². The maximum absolute atomic E-state index is 13.7. The van der Waals surface area contributed by atoms with Crippen molar-refractivity contribution in [3.05, 3.63) is 82.8 Å². The van der Waals surface area contributed by atoms with Gasteiger partial charge in [0.2, 0.25) is 0 Å². The molecule has 1 aliphatic rings. The second-order valence-electron chi connectivity index (χ2n) is 8.15. The molecule has 1 aliphatic carbocycles. The largest absolute Gasteiger partial charge is 0.383 e. The van der Waals surface area contributed by atoms with Crippen LogP contribution in [0.2, 0.25) is 5.02 Å². The summed E-state index contributed by atoms with van der Waals surface area (Å²) in [6.07, 6.45) is 7.61. The number of nitrogens with two attached hydrogens (primary N) is 1. The molecule has 2 aromatic carbocycles. The number of benzene rings is 2. The number of nitrogen functional groups attached to an aromatic ring is 1. The Labute approximate surface area is 195 Å². The number of nitrogens with one attached hydrogen (secondary N) is 1. The summed E-state index contributed by atoms with van der Waals surface area (Å²) in [6, 6.07) is 13.9. The fourth-order valence-electron chi connectivity index (χ4n) is 4.51. The van der Waals surface area contributed by atoms with E-state index in [1.54, 1.807) is 48.5 Å². The zero-order valence-corrected chi connectivity index (χ0v) is 18.5. The Kier molecular flexibility index (Phi) is 5.56. The molecule has 3 N–H and O–H groups in total. The van der Waals surface area contributed by atoms with Crippen molar-refractivity contribution in [1.29, 1.82) is 0 Å². The summed E-state index contributed by atoms with van der Waals surface area (Å²) in [6.45, 7) is 0. The molecule has 0 aliphatic heterocycles. The Balaban J connectivity index is 1.56. The van der Waals surface area contributed by atoms with Gasteiger partial charge >= 0.3 is 0 Å². The normalized spacial score (nSPS) is 14.0. The lowest BCUT2D eigenvalue weighted by molar-refractivity contribution is 0.102. The number of ketones is 1. The summed E-state index contributed by atoms with van der Waals surface area (Å²) in [5, 5.41) is 3.71. The van der Waals surface area contributed by atoms with Crippen molar-refractivity contribution in [2.24, 2.45) is 0 Å². The molecule has 1 fully saturated rings. The molecular formula is C25H22ClN5O2. The Hall–Kier alpha value is -3.71. The summed E-state index contributed by atoms with van der Waals surface area (Å²) in [5.74, 6) is -0.386. The van der Waals surface area contributed by atoms with Crippen molar-refractivity contribution in [2.45, 2.75) is 31.7 Å². The van der Waals surface area contributed by atoms with Gasteiger partial charge in [-0.1, -0.05) is 48.7 Å². The smallest absolute Gasteiger partial charge is 0.257 e. The maximum Gasteiger partial charge on any atom is 0.257 e. The van der Waals surface area contributed by atoms with Gasteiger partial charge in [-0.2, -0.15) is 0 Å². The van der Waals surface area contributed by atoms with Crippen molar-refractivity contribution < 1.29 is 9.59 Å². The molecule has 2 aromatic heterocycles. The molecule has 5 rings (SSSR count). The number of halogens is 1. The summed E-state index contributed by atoms with van der Waals surface area (Å²) in [7, 11) is 0. The molecule has 0 unspecified atom stereocenters.